The second-order valence-corrected chi connectivity index (χ2v) is 4.38. The van der Waals surface area contributed by atoms with Gasteiger partial charge in [0.05, 0.1) is 11.5 Å². The molecule has 6 nitrogen and oxygen atoms in total. The Morgan fingerprint density at radius 3 is 2.72 bits per heavy atom. The Morgan fingerprint density at radius 2 is 2.00 bits per heavy atom. The minimum Gasteiger partial charge on any atom is -0.305 e. The van der Waals surface area contributed by atoms with E-state index in [4.69, 9.17) is 0 Å². The number of amides is 1. The van der Waals surface area contributed by atoms with Crippen LogP contribution in [-0.4, -0.2) is 42.4 Å². The van der Waals surface area contributed by atoms with Crippen molar-refractivity contribution >= 4 is 17.3 Å². The third-order valence-electron chi connectivity index (χ3n) is 3.00. The van der Waals surface area contributed by atoms with E-state index in [1.807, 2.05) is 11.9 Å². The van der Waals surface area contributed by atoms with Crippen LogP contribution in [0, 0.1) is 10.1 Å². The smallest absolute Gasteiger partial charge is 0.292 e. The second kappa shape index (κ2) is 5.14. The summed E-state index contributed by atoms with van der Waals surface area (Å²) < 4.78 is 0. The maximum absolute atomic E-state index is 12.1. The van der Waals surface area contributed by atoms with E-state index in [-0.39, 0.29) is 11.6 Å². The Labute approximate surface area is 105 Å². The molecule has 1 fully saturated rings. The molecule has 1 aliphatic heterocycles. The molecule has 0 saturated carbocycles. The van der Waals surface area contributed by atoms with Gasteiger partial charge in [-0.15, -0.1) is 0 Å². The lowest BCUT2D eigenvalue weighted by molar-refractivity contribution is -0.384. The molecule has 1 aromatic rings. The van der Waals surface area contributed by atoms with Crippen molar-refractivity contribution < 1.29 is 9.72 Å². The Morgan fingerprint density at radius 1 is 1.28 bits per heavy atom. The summed E-state index contributed by atoms with van der Waals surface area (Å²) in [6, 6.07) is 6.37. The van der Waals surface area contributed by atoms with Crippen LogP contribution in [0.15, 0.2) is 24.3 Å². The van der Waals surface area contributed by atoms with Gasteiger partial charge in [-0.05, 0) is 19.5 Å². The first-order valence-electron chi connectivity index (χ1n) is 5.82. The summed E-state index contributed by atoms with van der Waals surface area (Å²) in [6.45, 7) is 1.64. The number of benzene rings is 1. The first kappa shape index (κ1) is 12.5. The first-order valence-corrected chi connectivity index (χ1v) is 5.82. The van der Waals surface area contributed by atoms with Gasteiger partial charge in [0.25, 0.3) is 5.69 Å². The predicted octanol–water partition coefficient (Wildman–Crippen LogP) is 1.26. The van der Waals surface area contributed by atoms with Crippen LogP contribution >= 0.6 is 0 Å². The maximum Gasteiger partial charge on any atom is 0.292 e. The van der Waals surface area contributed by atoms with Gasteiger partial charge in [0.15, 0.2) is 0 Å². The van der Waals surface area contributed by atoms with Crippen molar-refractivity contribution in [3.8, 4) is 0 Å². The minimum absolute atomic E-state index is 0.0181. The highest BCUT2D eigenvalue weighted by Crippen LogP contribution is 2.28. The number of para-hydroxylation sites is 2. The van der Waals surface area contributed by atoms with E-state index in [0.717, 1.165) is 13.0 Å². The largest absolute Gasteiger partial charge is 0.305 e. The number of likely N-dealkylation sites (N-methyl/N-ethyl adjacent to an activating group) is 1. The predicted molar refractivity (Wildman–Crippen MR) is 67.6 cm³/mol. The number of carbonyl (C=O) groups is 1. The summed E-state index contributed by atoms with van der Waals surface area (Å²) in [5.41, 5.74) is 0.373. The molecule has 0 aromatic heterocycles. The highest BCUT2D eigenvalue weighted by Gasteiger charge is 2.26. The van der Waals surface area contributed by atoms with Gasteiger partial charge >= 0.3 is 0 Å². The lowest BCUT2D eigenvalue weighted by Gasteiger charge is -2.20. The molecule has 96 valence electrons. The quantitative estimate of drug-likeness (QED) is 0.584. The lowest BCUT2D eigenvalue weighted by atomic mass is 10.2. The summed E-state index contributed by atoms with van der Waals surface area (Å²) in [5, 5.41) is 11.0. The molecule has 0 atom stereocenters. The van der Waals surface area contributed by atoms with Crippen molar-refractivity contribution in [2.45, 2.75) is 6.42 Å². The molecule has 1 aromatic carbocycles. The van der Waals surface area contributed by atoms with Gasteiger partial charge < -0.3 is 4.90 Å². The van der Waals surface area contributed by atoms with Crippen molar-refractivity contribution in [1.82, 2.24) is 4.90 Å². The molecule has 0 N–H and O–H groups in total. The van der Waals surface area contributed by atoms with Crippen LogP contribution in [0.25, 0.3) is 0 Å². The van der Waals surface area contributed by atoms with Gasteiger partial charge in [0.2, 0.25) is 5.91 Å². The highest BCUT2D eigenvalue weighted by molar-refractivity contribution is 5.97. The standard InChI is InChI=1S/C12H15N3O3/c1-13-7-4-8-14(12(16)9-13)10-5-2-3-6-11(10)15(17)18/h2-3,5-6H,4,7-9H2,1H3. The fourth-order valence-corrected chi connectivity index (χ4v) is 2.12. The normalized spacial score (nSPS) is 17.6. The molecule has 1 amide bonds. The van der Waals surface area contributed by atoms with Gasteiger partial charge in [-0.25, -0.2) is 0 Å². The molecule has 1 aliphatic rings. The summed E-state index contributed by atoms with van der Waals surface area (Å²) in [5.74, 6) is -0.0932. The highest BCUT2D eigenvalue weighted by atomic mass is 16.6. The van der Waals surface area contributed by atoms with E-state index in [0.29, 0.717) is 18.8 Å². The number of hydrogen-bond acceptors (Lipinski definition) is 4. The number of nitro groups is 1. The van der Waals surface area contributed by atoms with E-state index in [9.17, 15) is 14.9 Å². The van der Waals surface area contributed by atoms with Crippen LogP contribution in [-0.2, 0) is 4.79 Å². The van der Waals surface area contributed by atoms with Crippen LogP contribution in [0.1, 0.15) is 6.42 Å². The molecule has 0 radical (unpaired) electrons. The molecular formula is C12H15N3O3. The van der Waals surface area contributed by atoms with E-state index < -0.39 is 4.92 Å². The molecule has 0 spiro atoms. The zero-order valence-corrected chi connectivity index (χ0v) is 10.2. The summed E-state index contributed by atoms with van der Waals surface area (Å²) in [6.07, 6.45) is 0.814. The molecule has 2 rings (SSSR count). The van der Waals surface area contributed by atoms with Gasteiger partial charge in [0, 0.05) is 19.2 Å². The summed E-state index contributed by atoms with van der Waals surface area (Å²) in [7, 11) is 1.88. The molecular weight excluding hydrogens is 234 g/mol. The van der Waals surface area contributed by atoms with E-state index in [2.05, 4.69) is 0 Å². The molecule has 6 heteroatoms. The Hall–Kier alpha value is -1.95. The Kier molecular flexibility index (Phi) is 3.57. The molecule has 0 unspecified atom stereocenters. The van der Waals surface area contributed by atoms with Gasteiger partial charge in [0.1, 0.15) is 5.69 Å². The van der Waals surface area contributed by atoms with E-state index in [1.165, 1.54) is 11.0 Å². The molecule has 0 bridgehead atoms. The van der Waals surface area contributed by atoms with Crippen LogP contribution in [0.4, 0.5) is 11.4 Å². The number of nitro benzene ring substituents is 1. The molecule has 0 aliphatic carbocycles. The van der Waals surface area contributed by atoms with Gasteiger partial charge in [-0.2, -0.15) is 0 Å². The van der Waals surface area contributed by atoms with E-state index in [1.54, 1.807) is 18.2 Å². The topological polar surface area (TPSA) is 66.7 Å². The zero-order chi connectivity index (χ0) is 13.1. The summed E-state index contributed by atoms with van der Waals surface area (Å²) in [4.78, 5) is 26.0. The van der Waals surface area contributed by atoms with Crippen LogP contribution in [0.5, 0.6) is 0 Å². The van der Waals surface area contributed by atoms with Gasteiger partial charge in [-0.1, -0.05) is 12.1 Å². The fourth-order valence-electron chi connectivity index (χ4n) is 2.12. The minimum atomic E-state index is -0.447. The van der Waals surface area contributed by atoms with Crippen LogP contribution < -0.4 is 4.90 Å². The number of hydrogen-bond donors (Lipinski definition) is 0. The summed E-state index contributed by atoms with van der Waals surface area (Å²) >= 11 is 0. The maximum atomic E-state index is 12.1. The molecule has 18 heavy (non-hydrogen) atoms. The Balaban J connectivity index is 2.35. The first-order chi connectivity index (χ1) is 8.59. The number of carbonyl (C=O) groups excluding carboxylic acids is 1. The van der Waals surface area contributed by atoms with Crippen molar-refractivity contribution in [1.29, 1.82) is 0 Å². The van der Waals surface area contributed by atoms with E-state index >= 15 is 0 Å². The van der Waals surface area contributed by atoms with Crippen molar-refractivity contribution in [2.75, 3.05) is 31.6 Å². The third-order valence-corrected chi connectivity index (χ3v) is 3.00. The number of nitrogens with zero attached hydrogens (tertiary/aromatic N) is 3. The Bertz CT molecular complexity index is 475. The average Bonchev–Trinajstić information content (AvgIpc) is 2.50. The average molecular weight is 249 g/mol. The second-order valence-electron chi connectivity index (χ2n) is 4.38. The van der Waals surface area contributed by atoms with Crippen LogP contribution in [0.2, 0.25) is 0 Å². The molecule has 1 saturated heterocycles. The monoisotopic (exact) mass is 249 g/mol. The third kappa shape index (κ3) is 2.48. The van der Waals surface area contributed by atoms with Gasteiger partial charge in [-0.3, -0.25) is 19.8 Å². The number of rotatable bonds is 2. The van der Waals surface area contributed by atoms with Crippen molar-refractivity contribution in [3.05, 3.63) is 34.4 Å². The lowest BCUT2D eigenvalue weighted by Crippen LogP contribution is -2.35. The fraction of sp³-hybridized carbons (Fsp3) is 0.417. The van der Waals surface area contributed by atoms with Crippen molar-refractivity contribution in [2.24, 2.45) is 0 Å². The SMILES string of the molecule is CN1CCCN(c2ccccc2[N+](=O)[O-])C(=O)C1. The zero-order valence-electron chi connectivity index (χ0n) is 10.2. The molecule has 1 heterocycles. The van der Waals surface area contributed by atoms with Crippen molar-refractivity contribution in [3.63, 3.8) is 0 Å². The van der Waals surface area contributed by atoms with Crippen LogP contribution in [0.3, 0.4) is 0 Å². The number of anilines is 1.